The summed E-state index contributed by atoms with van der Waals surface area (Å²) in [5.74, 6) is -0.0935. The maximum absolute atomic E-state index is 12.5. The molecule has 2 aromatic heterocycles. The fourth-order valence-corrected chi connectivity index (χ4v) is 1.87. The SMILES string of the molecule is Nc1cc(C(F)(F)F)cc(NCc2nccs2)n1. The van der Waals surface area contributed by atoms with Crippen LogP contribution in [0.3, 0.4) is 0 Å². The van der Waals surface area contributed by atoms with Crippen LogP contribution in [0.25, 0.3) is 0 Å². The molecule has 0 spiro atoms. The molecule has 18 heavy (non-hydrogen) atoms. The Morgan fingerprint density at radius 2 is 2.11 bits per heavy atom. The number of thiazole rings is 1. The Bertz CT molecular complexity index is 524. The lowest BCUT2D eigenvalue weighted by Gasteiger charge is -2.10. The van der Waals surface area contributed by atoms with Crippen molar-refractivity contribution in [3.8, 4) is 0 Å². The number of halogens is 3. The second kappa shape index (κ2) is 4.81. The first-order chi connectivity index (χ1) is 8.45. The Labute approximate surface area is 105 Å². The predicted octanol–water partition coefficient (Wildman–Crippen LogP) is 2.75. The summed E-state index contributed by atoms with van der Waals surface area (Å²) < 4.78 is 37.6. The lowest BCUT2D eigenvalue weighted by atomic mass is 10.2. The maximum atomic E-state index is 12.5. The summed E-state index contributed by atoms with van der Waals surface area (Å²) >= 11 is 1.40. The normalized spacial score (nSPS) is 11.5. The average Bonchev–Trinajstić information content (AvgIpc) is 2.77. The molecule has 0 bridgehead atoms. The lowest BCUT2D eigenvalue weighted by Crippen LogP contribution is -2.09. The first-order valence-corrected chi connectivity index (χ1v) is 5.80. The summed E-state index contributed by atoms with van der Waals surface area (Å²) in [5, 5.41) is 5.30. The molecule has 0 aliphatic heterocycles. The minimum Gasteiger partial charge on any atom is -0.384 e. The molecule has 0 radical (unpaired) electrons. The van der Waals surface area contributed by atoms with Crippen LogP contribution in [0.1, 0.15) is 10.6 Å². The van der Waals surface area contributed by atoms with E-state index in [0.717, 1.165) is 17.1 Å². The van der Waals surface area contributed by atoms with Crippen molar-refractivity contribution in [3.63, 3.8) is 0 Å². The fourth-order valence-electron chi connectivity index (χ4n) is 1.31. The molecule has 8 heteroatoms. The number of aromatic nitrogens is 2. The number of hydrogen-bond acceptors (Lipinski definition) is 5. The first kappa shape index (κ1) is 12.6. The van der Waals surface area contributed by atoms with E-state index in [-0.39, 0.29) is 11.6 Å². The predicted molar refractivity (Wildman–Crippen MR) is 63.1 cm³/mol. The van der Waals surface area contributed by atoms with Gasteiger partial charge in [0, 0.05) is 11.6 Å². The van der Waals surface area contributed by atoms with Gasteiger partial charge in [0.2, 0.25) is 0 Å². The minimum atomic E-state index is -4.44. The molecule has 0 fully saturated rings. The standard InChI is InChI=1S/C10H9F3N4S/c11-10(12,13)6-3-7(14)17-8(4-6)16-5-9-15-1-2-18-9/h1-4H,5H2,(H3,14,16,17). The second-order valence-electron chi connectivity index (χ2n) is 3.44. The molecule has 0 atom stereocenters. The number of nitrogen functional groups attached to an aromatic ring is 1. The molecule has 0 amide bonds. The highest BCUT2D eigenvalue weighted by molar-refractivity contribution is 7.09. The Morgan fingerprint density at radius 1 is 1.33 bits per heavy atom. The summed E-state index contributed by atoms with van der Waals surface area (Å²) in [6, 6.07) is 1.72. The van der Waals surface area contributed by atoms with Crippen LogP contribution in [0.5, 0.6) is 0 Å². The van der Waals surface area contributed by atoms with E-state index in [9.17, 15) is 13.2 Å². The third-order valence-electron chi connectivity index (χ3n) is 2.08. The summed E-state index contributed by atoms with van der Waals surface area (Å²) in [7, 11) is 0. The topological polar surface area (TPSA) is 63.8 Å². The van der Waals surface area contributed by atoms with Crippen molar-refractivity contribution >= 4 is 23.0 Å². The van der Waals surface area contributed by atoms with E-state index in [1.165, 1.54) is 11.3 Å². The van der Waals surface area contributed by atoms with Gasteiger partial charge in [-0.25, -0.2) is 9.97 Å². The number of nitrogens with zero attached hydrogens (tertiary/aromatic N) is 2. The van der Waals surface area contributed by atoms with Gasteiger partial charge in [-0.3, -0.25) is 0 Å². The van der Waals surface area contributed by atoms with E-state index >= 15 is 0 Å². The van der Waals surface area contributed by atoms with Gasteiger partial charge in [0.05, 0.1) is 12.1 Å². The van der Waals surface area contributed by atoms with Crippen molar-refractivity contribution in [2.45, 2.75) is 12.7 Å². The van der Waals surface area contributed by atoms with Crippen LogP contribution in [-0.2, 0) is 12.7 Å². The highest BCUT2D eigenvalue weighted by Crippen LogP contribution is 2.31. The molecule has 0 saturated heterocycles. The van der Waals surface area contributed by atoms with Crippen molar-refractivity contribution < 1.29 is 13.2 Å². The Morgan fingerprint density at radius 3 is 2.72 bits per heavy atom. The summed E-state index contributed by atoms with van der Waals surface area (Å²) in [5.41, 5.74) is 4.52. The molecule has 96 valence electrons. The highest BCUT2D eigenvalue weighted by Gasteiger charge is 2.31. The van der Waals surface area contributed by atoms with Crippen LogP contribution in [-0.4, -0.2) is 9.97 Å². The third kappa shape index (κ3) is 3.10. The van der Waals surface area contributed by atoms with Crippen LogP contribution in [0.15, 0.2) is 23.7 Å². The van der Waals surface area contributed by atoms with Gasteiger partial charge in [-0.2, -0.15) is 13.2 Å². The summed E-state index contributed by atoms with van der Waals surface area (Å²) in [6.45, 7) is 0.311. The van der Waals surface area contributed by atoms with Crippen molar-refractivity contribution in [3.05, 3.63) is 34.3 Å². The Balaban J connectivity index is 2.15. The van der Waals surface area contributed by atoms with Crippen molar-refractivity contribution in [2.24, 2.45) is 0 Å². The highest BCUT2D eigenvalue weighted by atomic mass is 32.1. The van der Waals surface area contributed by atoms with Gasteiger partial charge in [0.25, 0.3) is 0 Å². The first-order valence-electron chi connectivity index (χ1n) is 4.92. The third-order valence-corrected chi connectivity index (χ3v) is 2.86. The number of nitrogens with two attached hydrogens (primary N) is 1. The zero-order valence-corrected chi connectivity index (χ0v) is 9.85. The van der Waals surface area contributed by atoms with Crippen molar-refractivity contribution in [1.82, 2.24) is 9.97 Å². The fraction of sp³-hybridized carbons (Fsp3) is 0.200. The molecule has 0 aromatic carbocycles. The van der Waals surface area contributed by atoms with Crippen LogP contribution < -0.4 is 11.1 Å². The summed E-state index contributed by atoms with van der Waals surface area (Å²) in [6.07, 6.45) is -2.82. The zero-order chi connectivity index (χ0) is 13.2. The van der Waals surface area contributed by atoms with E-state index in [1.807, 2.05) is 0 Å². The van der Waals surface area contributed by atoms with Crippen LogP contribution in [0.2, 0.25) is 0 Å². The molecule has 0 saturated carbocycles. The van der Waals surface area contributed by atoms with E-state index < -0.39 is 11.7 Å². The van der Waals surface area contributed by atoms with Gasteiger partial charge in [-0.05, 0) is 12.1 Å². The summed E-state index contributed by atoms with van der Waals surface area (Å²) in [4.78, 5) is 7.79. The van der Waals surface area contributed by atoms with Crippen LogP contribution in [0, 0.1) is 0 Å². The maximum Gasteiger partial charge on any atom is 0.416 e. The molecule has 2 rings (SSSR count). The van der Waals surface area contributed by atoms with E-state index in [0.29, 0.717) is 6.54 Å². The number of anilines is 2. The van der Waals surface area contributed by atoms with Crippen molar-refractivity contribution in [1.29, 1.82) is 0 Å². The molecular weight excluding hydrogens is 265 g/mol. The lowest BCUT2D eigenvalue weighted by molar-refractivity contribution is -0.137. The van der Waals surface area contributed by atoms with Gasteiger partial charge in [-0.15, -0.1) is 11.3 Å². The molecule has 4 nitrogen and oxygen atoms in total. The van der Waals surface area contributed by atoms with Crippen molar-refractivity contribution in [2.75, 3.05) is 11.1 Å². The number of hydrogen-bond donors (Lipinski definition) is 2. The minimum absolute atomic E-state index is 0.0810. The smallest absolute Gasteiger partial charge is 0.384 e. The zero-order valence-electron chi connectivity index (χ0n) is 9.03. The molecule has 2 heterocycles. The molecule has 0 unspecified atom stereocenters. The number of pyridine rings is 1. The second-order valence-corrected chi connectivity index (χ2v) is 4.42. The molecule has 2 aromatic rings. The van der Waals surface area contributed by atoms with Gasteiger partial charge < -0.3 is 11.1 Å². The number of nitrogens with one attached hydrogen (secondary N) is 1. The van der Waals surface area contributed by atoms with E-state index in [1.54, 1.807) is 11.6 Å². The molecule has 3 N–H and O–H groups in total. The van der Waals surface area contributed by atoms with Gasteiger partial charge >= 0.3 is 6.18 Å². The van der Waals surface area contributed by atoms with E-state index in [2.05, 4.69) is 15.3 Å². The monoisotopic (exact) mass is 274 g/mol. The molecule has 0 aliphatic carbocycles. The molecular formula is C10H9F3N4S. The van der Waals surface area contributed by atoms with Crippen LogP contribution >= 0.6 is 11.3 Å². The Hall–Kier alpha value is -1.83. The van der Waals surface area contributed by atoms with Gasteiger partial charge in [-0.1, -0.05) is 0 Å². The number of rotatable bonds is 3. The van der Waals surface area contributed by atoms with E-state index in [4.69, 9.17) is 5.73 Å². The quantitative estimate of drug-likeness (QED) is 0.903. The molecule has 0 aliphatic rings. The largest absolute Gasteiger partial charge is 0.416 e. The number of alkyl halides is 3. The average molecular weight is 274 g/mol. The van der Waals surface area contributed by atoms with Gasteiger partial charge in [0.1, 0.15) is 16.6 Å². The van der Waals surface area contributed by atoms with Gasteiger partial charge in [0.15, 0.2) is 0 Å². The van der Waals surface area contributed by atoms with Crippen LogP contribution in [0.4, 0.5) is 24.8 Å². The Kier molecular flexibility index (Phi) is 3.37.